The van der Waals surface area contributed by atoms with Crippen molar-refractivity contribution in [3.63, 3.8) is 0 Å². The molecule has 13 heavy (non-hydrogen) atoms. The van der Waals surface area contributed by atoms with Crippen LogP contribution in [0, 0.1) is 5.92 Å². The van der Waals surface area contributed by atoms with E-state index in [1.165, 1.54) is 25.8 Å². The van der Waals surface area contributed by atoms with E-state index in [0.29, 0.717) is 6.04 Å². The molecule has 1 fully saturated rings. The van der Waals surface area contributed by atoms with Crippen LogP contribution in [0.2, 0.25) is 0 Å². The van der Waals surface area contributed by atoms with Gasteiger partial charge in [-0.25, -0.2) is 0 Å². The summed E-state index contributed by atoms with van der Waals surface area (Å²) in [5, 5.41) is 3.41. The molecule has 1 rings (SSSR count). The van der Waals surface area contributed by atoms with E-state index >= 15 is 0 Å². The van der Waals surface area contributed by atoms with E-state index < -0.39 is 0 Å². The second-order valence-electron chi connectivity index (χ2n) is 3.79. The molecule has 74 valence electrons. The van der Waals surface area contributed by atoms with E-state index in [9.17, 15) is 0 Å². The van der Waals surface area contributed by atoms with Gasteiger partial charge in [0.15, 0.2) is 0 Å². The van der Waals surface area contributed by atoms with Gasteiger partial charge in [0.05, 0.1) is 0 Å². The molecule has 0 radical (unpaired) electrons. The molecule has 1 N–H and O–H groups in total. The normalized spacial score (nSPS) is 25.5. The fraction of sp³-hybridized carbons (Fsp3) is 1.00. The molecule has 4 heteroatoms. The third-order valence-corrected chi connectivity index (χ3v) is 2.49. The van der Waals surface area contributed by atoms with Gasteiger partial charge in [-0.15, -0.1) is 0 Å². The molecule has 1 aliphatic heterocycles. The SMILES string of the molecule is CO/B=N/C(C)C[C@@H]1CCCNC1. The standard InChI is InChI=1S/C9H19BN2O/c1-8(12-10-13-2)6-9-4-3-5-11-7-9/h8-9,11H,3-7H2,1-2H3/t8?,9-/m0/s1. The summed E-state index contributed by atoms with van der Waals surface area (Å²) in [4.78, 5) is 4.26. The van der Waals surface area contributed by atoms with Crippen molar-refractivity contribution in [1.82, 2.24) is 5.32 Å². The molecule has 1 saturated heterocycles. The molecule has 0 aromatic rings. The summed E-state index contributed by atoms with van der Waals surface area (Å²) >= 11 is 0. The molecule has 0 spiro atoms. The first-order valence-electron chi connectivity index (χ1n) is 5.08. The minimum absolute atomic E-state index is 0.393. The number of hydrogen-bond donors (Lipinski definition) is 1. The van der Waals surface area contributed by atoms with Crippen molar-refractivity contribution >= 4 is 7.27 Å². The number of nitrogens with zero attached hydrogens (tertiary/aromatic N) is 1. The quantitative estimate of drug-likeness (QED) is 0.663. The van der Waals surface area contributed by atoms with Gasteiger partial charge >= 0.3 is 80.5 Å². The van der Waals surface area contributed by atoms with E-state index in [1.807, 2.05) is 0 Å². The van der Waals surface area contributed by atoms with Gasteiger partial charge in [-0.3, -0.25) is 0 Å². The molecular formula is C9H19BN2O. The van der Waals surface area contributed by atoms with Crippen molar-refractivity contribution in [2.45, 2.75) is 32.2 Å². The summed E-state index contributed by atoms with van der Waals surface area (Å²) in [5.74, 6) is 0.803. The number of hydrogen-bond acceptors (Lipinski definition) is 3. The maximum atomic E-state index is 4.79. The number of piperidine rings is 1. The minimum atomic E-state index is 0.393. The summed E-state index contributed by atoms with van der Waals surface area (Å²) in [6.45, 7) is 4.49. The topological polar surface area (TPSA) is 33.6 Å². The summed E-state index contributed by atoms with van der Waals surface area (Å²) in [6.07, 6.45) is 3.83. The summed E-state index contributed by atoms with van der Waals surface area (Å²) in [6, 6.07) is 0.393. The molecule has 2 atom stereocenters. The molecule has 1 heterocycles. The predicted molar refractivity (Wildman–Crippen MR) is 54.9 cm³/mol. The molecule has 0 aromatic carbocycles. The second kappa shape index (κ2) is 6.14. The Labute approximate surface area is 81.2 Å². The van der Waals surface area contributed by atoms with Crippen LogP contribution in [0.4, 0.5) is 0 Å². The Hall–Kier alpha value is -0.375. The van der Waals surface area contributed by atoms with Crippen LogP contribution in [0.5, 0.6) is 0 Å². The van der Waals surface area contributed by atoms with E-state index in [1.54, 1.807) is 14.4 Å². The molecule has 0 aromatic heterocycles. The van der Waals surface area contributed by atoms with Gasteiger partial charge in [-0.2, -0.15) is 0 Å². The van der Waals surface area contributed by atoms with Crippen LogP contribution < -0.4 is 5.32 Å². The molecule has 1 aliphatic rings. The summed E-state index contributed by atoms with van der Waals surface area (Å²) < 4.78 is 4.79. The van der Waals surface area contributed by atoms with Gasteiger partial charge in [0, 0.05) is 0 Å². The molecule has 0 bridgehead atoms. The van der Waals surface area contributed by atoms with E-state index in [-0.39, 0.29) is 0 Å². The van der Waals surface area contributed by atoms with Gasteiger partial charge in [-0.1, -0.05) is 0 Å². The van der Waals surface area contributed by atoms with Crippen molar-refractivity contribution in [2.24, 2.45) is 10.8 Å². The Balaban J connectivity index is 2.18. The van der Waals surface area contributed by atoms with Gasteiger partial charge < -0.3 is 0 Å². The van der Waals surface area contributed by atoms with Crippen LogP contribution in [-0.4, -0.2) is 33.5 Å². The molecule has 3 nitrogen and oxygen atoms in total. The van der Waals surface area contributed by atoms with Crippen LogP contribution >= 0.6 is 0 Å². The van der Waals surface area contributed by atoms with Crippen molar-refractivity contribution in [3.8, 4) is 0 Å². The van der Waals surface area contributed by atoms with Crippen molar-refractivity contribution in [3.05, 3.63) is 0 Å². The van der Waals surface area contributed by atoms with Gasteiger partial charge in [-0.05, 0) is 0 Å². The number of nitrogens with one attached hydrogen (secondary N) is 1. The van der Waals surface area contributed by atoms with E-state index in [4.69, 9.17) is 4.65 Å². The van der Waals surface area contributed by atoms with Crippen LogP contribution in [0.15, 0.2) is 4.90 Å². The van der Waals surface area contributed by atoms with E-state index in [2.05, 4.69) is 17.1 Å². The van der Waals surface area contributed by atoms with Gasteiger partial charge in [0.25, 0.3) is 0 Å². The Morgan fingerprint density at radius 2 is 2.54 bits per heavy atom. The molecule has 1 unspecified atom stereocenters. The zero-order chi connectivity index (χ0) is 9.52. The van der Waals surface area contributed by atoms with Gasteiger partial charge in [0.2, 0.25) is 0 Å². The van der Waals surface area contributed by atoms with Crippen LogP contribution in [0.25, 0.3) is 0 Å². The Morgan fingerprint density at radius 3 is 3.15 bits per heavy atom. The monoisotopic (exact) mass is 182 g/mol. The molecule has 0 saturated carbocycles. The second-order valence-corrected chi connectivity index (χ2v) is 3.79. The average molecular weight is 182 g/mol. The van der Waals surface area contributed by atoms with Gasteiger partial charge in [0.1, 0.15) is 0 Å². The predicted octanol–water partition coefficient (Wildman–Crippen LogP) is 1.21. The third kappa shape index (κ3) is 4.41. The maximum absolute atomic E-state index is 4.79. The van der Waals surface area contributed by atoms with Crippen LogP contribution in [0.3, 0.4) is 0 Å². The summed E-state index contributed by atoms with van der Waals surface area (Å²) in [5.41, 5.74) is 0. The molecule has 0 amide bonds. The first-order chi connectivity index (χ1) is 6.33. The summed E-state index contributed by atoms with van der Waals surface area (Å²) in [7, 11) is 3.18. The Morgan fingerprint density at radius 1 is 1.69 bits per heavy atom. The fourth-order valence-electron chi connectivity index (χ4n) is 1.83. The van der Waals surface area contributed by atoms with Crippen molar-refractivity contribution in [1.29, 1.82) is 0 Å². The Kier molecular flexibility index (Phi) is 5.05. The fourth-order valence-corrected chi connectivity index (χ4v) is 1.83. The van der Waals surface area contributed by atoms with Crippen molar-refractivity contribution in [2.75, 3.05) is 20.2 Å². The molecule has 0 aliphatic carbocycles. The zero-order valence-electron chi connectivity index (χ0n) is 8.62. The number of rotatable bonds is 4. The first-order valence-corrected chi connectivity index (χ1v) is 5.08. The zero-order valence-corrected chi connectivity index (χ0v) is 8.62. The van der Waals surface area contributed by atoms with Crippen LogP contribution in [-0.2, 0) is 4.65 Å². The third-order valence-electron chi connectivity index (χ3n) is 2.49. The van der Waals surface area contributed by atoms with E-state index in [0.717, 1.165) is 12.5 Å². The Bertz CT molecular complexity index is 158. The molecular weight excluding hydrogens is 163 g/mol. The first kappa shape index (κ1) is 10.7. The van der Waals surface area contributed by atoms with Crippen molar-refractivity contribution < 1.29 is 4.65 Å². The average Bonchev–Trinajstić information content (AvgIpc) is 2.16. The van der Waals surface area contributed by atoms with Crippen LogP contribution in [0.1, 0.15) is 26.2 Å².